The Labute approximate surface area is 75.5 Å². The highest BCUT2D eigenvalue weighted by Crippen LogP contribution is 2.25. The average Bonchev–Trinajstić information content (AvgIpc) is 2.48. The Morgan fingerprint density at radius 1 is 1.85 bits per heavy atom. The SMILES string of the molecule is CC(=O)OC[C@@H]1CC=C([N+](=O)[O-])C1. The van der Waals surface area contributed by atoms with Crippen LogP contribution in [0.3, 0.4) is 0 Å². The molecule has 0 N–H and O–H groups in total. The first-order valence-electron chi connectivity index (χ1n) is 4.06. The molecule has 0 radical (unpaired) electrons. The summed E-state index contributed by atoms with van der Waals surface area (Å²) in [6, 6.07) is 0. The largest absolute Gasteiger partial charge is 0.466 e. The normalized spacial score (nSPS) is 21.0. The minimum Gasteiger partial charge on any atom is -0.466 e. The maximum absolute atomic E-state index is 10.4. The smallest absolute Gasteiger partial charge is 0.302 e. The van der Waals surface area contributed by atoms with Crippen molar-refractivity contribution in [3.05, 3.63) is 21.9 Å². The van der Waals surface area contributed by atoms with Crippen molar-refractivity contribution < 1.29 is 14.5 Å². The summed E-state index contributed by atoms with van der Waals surface area (Å²) >= 11 is 0. The molecule has 0 aromatic carbocycles. The van der Waals surface area contributed by atoms with Gasteiger partial charge in [0.2, 0.25) is 5.70 Å². The van der Waals surface area contributed by atoms with Crippen LogP contribution in [0.4, 0.5) is 0 Å². The van der Waals surface area contributed by atoms with Crippen molar-refractivity contribution in [2.75, 3.05) is 6.61 Å². The predicted molar refractivity (Wildman–Crippen MR) is 44.4 cm³/mol. The third-order valence-corrected chi connectivity index (χ3v) is 1.94. The number of rotatable bonds is 3. The molecule has 0 aromatic rings. The lowest BCUT2D eigenvalue weighted by atomic mass is 10.1. The van der Waals surface area contributed by atoms with E-state index in [9.17, 15) is 14.9 Å². The molecule has 0 aromatic heterocycles. The van der Waals surface area contributed by atoms with Crippen LogP contribution >= 0.6 is 0 Å². The van der Waals surface area contributed by atoms with Crippen LogP contribution in [0, 0.1) is 16.0 Å². The number of nitrogens with zero attached hydrogens (tertiary/aromatic N) is 1. The number of ether oxygens (including phenoxy) is 1. The van der Waals surface area contributed by atoms with Crippen molar-refractivity contribution >= 4 is 5.97 Å². The lowest BCUT2D eigenvalue weighted by Crippen LogP contribution is -2.10. The maximum atomic E-state index is 10.4. The van der Waals surface area contributed by atoms with E-state index in [1.165, 1.54) is 6.92 Å². The van der Waals surface area contributed by atoms with E-state index in [1.54, 1.807) is 6.08 Å². The molecule has 1 aliphatic carbocycles. The lowest BCUT2D eigenvalue weighted by Gasteiger charge is -2.07. The van der Waals surface area contributed by atoms with Crippen LogP contribution in [0.1, 0.15) is 19.8 Å². The van der Waals surface area contributed by atoms with E-state index < -0.39 is 0 Å². The fourth-order valence-corrected chi connectivity index (χ4v) is 1.28. The monoisotopic (exact) mass is 185 g/mol. The van der Waals surface area contributed by atoms with Gasteiger partial charge in [0.05, 0.1) is 11.5 Å². The Hall–Kier alpha value is -1.39. The molecule has 72 valence electrons. The van der Waals surface area contributed by atoms with Crippen molar-refractivity contribution in [1.82, 2.24) is 0 Å². The van der Waals surface area contributed by atoms with Gasteiger partial charge in [-0.3, -0.25) is 14.9 Å². The van der Waals surface area contributed by atoms with Gasteiger partial charge < -0.3 is 4.74 Å². The fourth-order valence-electron chi connectivity index (χ4n) is 1.28. The summed E-state index contributed by atoms with van der Waals surface area (Å²) in [4.78, 5) is 20.4. The molecule has 0 bridgehead atoms. The van der Waals surface area contributed by atoms with Gasteiger partial charge in [-0.25, -0.2) is 0 Å². The van der Waals surface area contributed by atoms with Crippen LogP contribution in [0.2, 0.25) is 0 Å². The van der Waals surface area contributed by atoms with E-state index in [1.807, 2.05) is 0 Å². The lowest BCUT2D eigenvalue weighted by molar-refractivity contribution is -0.427. The predicted octanol–water partition coefficient (Wildman–Crippen LogP) is 1.12. The highest BCUT2D eigenvalue weighted by atomic mass is 16.6. The number of allylic oxidation sites excluding steroid dienone is 2. The minimum absolute atomic E-state index is 0.0873. The van der Waals surface area contributed by atoms with Crippen LogP contribution in [-0.2, 0) is 9.53 Å². The van der Waals surface area contributed by atoms with Crippen molar-refractivity contribution in [3.8, 4) is 0 Å². The molecule has 1 aliphatic rings. The number of esters is 1. The summed E-state index contributed by atoms with van der Waals surface area (Å²) in [5.74, 6) is -0.251. The summed E-state index contributed by atoms with van der Waals surface area (Å²) in [7, 11) is 0. The molecule has 0 saturated heterocycles. The molecule has 5 nitrogen and oxygen atoms in total. The van der Waals surface area contributed by atoms with Gasteiger partial charge in [0, 0.05) is 19.3 Å². The van der Waals surface area contributed by atoms with Gasteiger partial charge in [-0.05, 0) is 12.5 Å². The van der Waals surface area contributed by atoms with Gasteiger partial charge in [-0.15, -0.1) is 0 Å². The molecule has 1 rings (SSSR count). The van der Waals surface area contributed by atoms with Gasteiger partial charge in [0.15, 0.2) is 0 Å². The van der Waals surface area contributed by atoms with E-state index in [4.69, 9.17) is 4.74 Å². The molecule has 13 heavy (non-hydrogen) atoms. The quantitative estimate of drug-likeness (QED) is 0.375. The van der Waals surface area contributed by atoms with E-state index in [0.29, 0.717) is 12.8 Å². The second kappa shape index (κ2) is 4.02. The van der Waals surface area contributed by atoms with Crippen molar-refractivity contribution in [3.63, 3.8) is 0 Å². The molecule has 0 amide bonds. The molecule has 0 fully saturated rings. The van der Waals surface area contributed by atoms with Gasteiger partial charge in [0.25, 0.3) is 0 Å². The van der Waals surface area contributed by atoms with Gasteiger partial charge in [0.1, 0.15) is 0 Å². The zero-order chi connectivity index (χ0) is 9.84. The number of hydrogen-bond donors (Lipinski definition) is 0. The maximum Gasteiger partial charge on any atom is 0.302 e. The Morgan fingerprint density at radius 3 is 3.00 bits per heavy atom. The van der Waals surface area contributed by atoms with Gasteiger partial charge >= 0.3 is 5.97 Å². The molecular weight excluding hydrogens is 174 g/mol. The molecular formula is C8H11NO4. The first kappa shape index (κ1) is 9.70. The van der Waals surface area contributed by atoms with Crippen LogP contribution < -0.4 is 0 Å². The third-order valence-electron chi connectivity index (χ3n) is 1.94. The summed E-state index contributed by atoms with van der Waals surface area (Å²) in [6.07, 6.45) is 2.62. The topological polar surface area (TPSA) is 69.4 Å². The number of nitro groups is 1. The molecule has 0 saturated carbocycles. The molecule has 5 heteroatoms. The van der Waals surface area contributed by atoms with Crippen molar-refractivity contribution in [2.45, 2.75) is 19.8 Å². The fraction of sp³-hybridized carbons (Fsp3) is 0.625. The molecule has 0 unspecified atom stereocenters. The highest BCUT2D eigenvalue weighted by molar-refractivity contribution is 5.65. The summed E-state index contributed by atoms with van der Waals surface area (Å²) in [5.41, 5.74) is 0.233. The molecule has 0 heterocycles. The zero-order valence-electron chi connectivity index (χ0n) is 7.36. The Balaban J connectivity index is 2.29. The first-order valence-corrected chi connectivity index (χ1v) is 4.06. The number of hydrogen-bond acceptors (Lipinski definition) is 4. The minimum atomic E-state index is -0.381. The van der Waals surface area contributed by atoms with E-state index in [-0.39, 0.29) is 29.1 Å². The Bertz CT molecular complexity index is 259. The van der Waals surface area contributed by atoms with Gasteiger partial charge in [-0.1, -0.05) is 0 Å². The number of carbonyl (C=O) groups is 1. The molecule has 1 atom stereocenters. The highest BCUT2D eigenvalue weighted by Gasteiger charge is 2.25. The molecule has 0 aliphatic heterocycles. The summed E-state index contributed by atoms with van der Waals surface area (Å²) in [6.45, 7) is 1.61. The summed E-state index contributed by atoms with van der Waals surface area (Å²) in [5, 5.41) is 10.3. The van der Waals surface area contributed by atoms with Crippen LogP contribution in [-0.4, -0.2) is 17.5 Å². The standard InChI is InChI=1S/C8H11NO4/c1-6(10)13-5-7-2-3-8(4-7)9(11)12/h3,7H,2,4-5H2,1H3/t7-/m1/s1. The Morgan fingerprint density at radius 2 is 2.54 bits per heavy atom. The second-order valence-corrected chi connectivity index (χ2v) is 3.06. The van der Waals surface area contributed by atoms with Crippen LogP contribution in [0.5, 0.6) is 0 Å². The second-order valence-electron chi connectivity index (χ2n) is 3.06. The zero-order valence-corrected chi connectivity index (χ0v) is 7.36. The Kier molecular flexibility index (Phi) is 3.00. The molecule has 0 spiro atoms. The number of carbonyl (C=O) groups excluding carboxylic acids is 1. The van der Waals surface area contributed by atoms with Crippen molar-refractivity contribution in [1.29, 1.82) is 0 Å². The average molecular weight is 185 g/mol. The van der Waals surface area contributed by atoms with E-state index >= 15 is 0 Å². The van der Waals surface area contributed by atoms with Crippen LogP contribution in [0.25, 0.3) is 0 Å². The third kappa shape index (κ3) is 2.85. The first-order chi connectivity index (χ1) is 6.09. The van der Waals surface area contributed by atoms with Crippen LogP contribution in [0.15, 0.2) is 11.8 Å². The van der Waals surface area contributed by atoms with E-state index in [0.717, 1.165) is 0 Å². The van der Waals surface area contributed by atoms with E-state index in [2.05, 4.69) is 0 Å². The van der Waals surface area contributed by atoms with Crippen molar-refractivity contribution in [2.24, 2.45) is 5.92 Å². The van der Waals surface area contributed by atoms with Gasteiger partial charge in [-0.2, -0.15) is 0 Å². The summed E-state index contributed by atoms with van der Waals surface area (Å²) < 4.78 is 4.76.